The zero-order valence-electron chi connectivity index (χ0n) is 9.29. The van der Waals surface area contributed by atoms with Gasteiger partial charge in [0.25, 0.3) is 0 Å². The van der Waals surface area contributed by atoms with E-state index in [1.54, 1.807) is 12.1 Å². The first-order valence-corrected chi connectivity index (χ1v) is 6.75. The Labute approximate surface area is 128 Å². The van der Waals surface area contributed by atoms with E-state index in [1.165, 1.54) is 0 Å². The molecule has 0 radical (unpaired) electrons. The number of aldehydes is 1. The second-order valence-electron chi connectivity index (χ2n) is 3.48. The van der Waals surface area contributed by atoms with E-state index in [0.717, 1.165) is 11.8 Å². The number of carbonyl (C=O) groups excluding carboxylic acids is 1. The van der Waals surface area contributed by atoms with E-state index < -0.39 is 0 Å². The molecule has 0 heterocycles. The van der Waals surface area contributed by atoms with Gasteiger partial charge in [0, 0.05) is 12.1 Å². The summed E-state index contributed by atoms with van der Waals surface area (Å²) in [5.74, 6) is 0. The summed E-state index contributed by atoms with van der Waals surface area (Å²) in [5, 5.41) is 5.96. The first-order chi connectivity index (χ1) is 8.52. The van der Waals surface area contributed by atoms with Crippen molar-refractivity contribution in [3.63, 3.8) is 0 Å². The van der Waals surface area contributed by atoms with Crippen LogP contribution in [0.4, 0.5) is 0 Å². The third kappa shape index (κ3) is 5.34. The Balaban J connectivity index is 2.88. The zero-order valence-corrected chi connectivity index (χ0v) is 12.7. The minimum Gasteiger partial charge on any atom is -0.369 e. The molecular weight excluding hydrogens is 304 g/mol. The SMILES string of the molecule is O=Cc1cccc(C(CNC(=S)S)NC(=S)S)c1. The summed E-state index contributed by atoms with van der Waals surface area (Å²) < 4.78 is 0.779. The van der Waals surface area contributed by atoms with Gasteiger partial charge in [0.05, 0.1) is 6.04 Å². The van der Waals surface area contributed by atoms with Gasteiger partial charge in [-0.1, -0.05) is 42.6 Å². The minimum absolute atomic E-state index is 0.125. The van der Waals surface area contributed by atoms with Gasteiger partial charge in [-0.2, -0.15) is 0 Å². The van der Waals surface area contributed by atoms with Crippen LogP contribution in [0.3, 0.4) is 0 Å². The Morgan fingerprint density at radius 2 is 2.06 bits per heavy atom. The molecule has 0 amide bonds. The van der Waals surface area contributed by atoms with E-state index in [2.05, 4.69) is 35.9 Å². The first-order valence-electron chi connectivity index (χ1n) is 5.04. The van der Waals surface area contributed by atoms with Crippen LogP contribution in [0, 0.1) is 0 Å². The van der Waals surface area contributed by atoms with Gasteiger partial charge < -0.3 is 10.6 Å². The third-order valence-electron chi connectivity index (χ3n) is 2.20. The quantitative estimate of drug-likeness (QED) is 0.381. The molecule has 2 N–H and O–H groups in total. The molecule has 0 aromatic heterocycles. The molecule has 0 saturated heterocycles. The minimum atomic E-state index is -0.125. The predicted molar refractivity (Wildman–Crippen MR) is 88.9 cm³/mol. The summed E-state index contributed by atoms with van der Waals surface area (Å²) in [5.41, 5.74) is 1.53. The van der Waals surface area contributed by atoms with Gasteiger partial charge in [0.2, 0.25) is 0 Å². The lowest BCUT2D eigenvalue weighted by Gasteiger charge is -2.20. The van der Waals surface area contributed by atoms with E-state index >= 15 is 0 Å². The number of benzene rings is 1. The van der Waals surface area contributed by atoms with Crippen LogP contribution in [-0.2, 0) is 0 Å². The summed E-state index contributed by atoms with van der Waals surface area (Å²) in [6.07, 6.45) is 0.802. The maximum absolute atomic E-state index is 10.8. The van der Waals surface area contributed by atoms with Gasteiger partial charge in [0.1, 0.15) is 14.9 Å². The zero-order chi connectivity index (χ0) is 13.5. The van der Waals surface area contributed by atoms with Crippen LogP contribution in [-0.4, -0.2) is 21.5 Å². The van der Waals surface area contributed by atoms with Crippen molar-refractivity contribution in [2.24, 2.45) is 0 Å². The van der Waals surface area contributed by atoms with Crippen molar-refractivity contribution in [1.29, 1.82) is 0 Å². The molecule has 0 saturated carbocycles. The topological polar surface area (TPSA) is 41.1 Å². The summed E-state index contributed by atoms with van der Waals surface area (Å²) in [7, 11) is 0. The van der Waals surface area contributed by atoms with Crippen LogP contribution in [0.25, 0.3) is 0 Å². The molecule has 0 aliphatic carbocycles. The Hall–Kier alpha value is -0.630. The van der Waals surface area contributed by atoms with E-state index in [-0.39, 0.29) is 6.04 Å². The number of thiol groups is 2. The van der Waals surface area contributed by atoms with Crippen molar-refractivity contribution >= 4 is 64.6 Å². The average Bonchev–Trinajstić information content (AvgIpc) is 2.34. The number of nitrogens with one attached hydrogen (secondary N) is 2. The Morgan fingerprint density at radius 3 is 2.61 bits per heavy atom. The maximum Gasteiger partial charge on any atom is 0.150 e. The molecular formula is C11H12N2OS4. The molecule has 0 spiro atoms. The molecule has 7 heteroatoms. The van der Waals surface area contributed by atoms with E-state index in [1.807, 2.05) is 12.1 Å². The first kappa shape index (κ1) is 15.4. The summed E-state index contributed by atoms with van der Waals surface area (Å²) in [4.78, 5) is 10.8. The van der Waals surface area contributed by atoms with Gasteiger partial charge in [-0.3, -0.25) is 4.79 Å². The van der Waals surface area contributed by atoms with Crippen LogP contribution in [0.2, 0.25) is 0 Å². The second-order valence-corrected chi connectivity index (χ2v) is 5.79. The molecule has 1 atom stereocenters. The lowest BCUT2D eigenvalue weighted by Crippen LogP contribution is -2.34. The van der Waals surface area contributed by atoms with Crippen molar-refractivity contribution in [3.05, 3.63) is 35.4 Å². The Kier molecular flexibility index (Phi) is 6.62. The van der Waals surface area contributed by atoms with Gasteiger partial charge in [0.15, 0.2) is 0 Å². The van der Waals surface area contributed by atoms with Crippen molar-refractivity contribution in [1.82, 2.24) is 10.6 Å². The number of carbonyl (C=O) groups is 1. The molecule has 0 aliphatic rings. The van der Waals surface area contributed by atoms with Crippen LogP contribution >= 0.6 is 49.7 Å². The summed E-state index contributed by atoms with van der Waals surface area (Å²) in [6, 6.07) is 7.12. The number of thiocarbonyl (C=S) groups is 2. The van der Waals surface area contributed by atoms with Crippen molar-refractivity contribution in [2.75, 3.05) is 6.54 Å². The molecule has 18 heavy (non-hydrogen) atoms. The van der Waals surface area contributed by atoms with E-state index in [4.69, 9.17) is 24.4 Å². The highest BCUT2D eigenvalue weighted by molar-refractivity contribution is 8.11. The summed E-state index contributed by atoms with van der Waals surface area (Å²) in [6.45, 7) is 0.505. The second kappa shape index (κ2) is 7.73. The summed E-state index contributed by atoms with van der Waals surface area (Å²) >= 11 is 17.8. The van der Waals surface area contributed by atoms with Gasteiger partial charge in [-0.15, -0.1) is 25.3 Å². The van der Waals surface area contributed by atoms with Crippen LogP contribution in [0.15, 0.2) is 24.3 Å². The Morgan fingerprint density at radius 1 is 1.33 bits per heavy atom. The fraction of sp³-hybridized carbons (Fsp3) is 0.182. The molecule has 1 rings (SSSR count). The monoisotopic (exact) mass is 316 g/mol. The van der Waals surface area contributed by atoms with Gasteiger partial charge >= 0.3 is 0 Å². The molecule has 96 valence electrons. The van der Waals surface area contributed by atoms with Crippen molar-refractivity contribution in [2.45, 2.75) is 6.04 Å². The smallest absolute Gasteiger partial charge is 0.150 e. The molecule has 0 fully saturated rings. The van der Waals surface area contributed by atoms with Crippen molar-refractivity contribution < 1.29 is 4.79 Å². The van der Waals surface area contributed by atoms with Crippen LogP contribution in [0.5, 0.6) is 0 Å². The van der Waals surface area contributed by atoms with Gasteiger partial charge in [-0.05, 0) is 11.6 Å². The standard InChI is InChI=1S/C11H12N2OS4/c14-6-7-2-1-3-8(4-7)9(13-11(17)18)5-12-10(15)16/h1-4,6,9H,5H2,(H2,12,15,16)(H2,13,17,18). The normalized spacial score (nSPS) is 11.4. The molecule has 1 unspecified atom stereocenters. The average molecular weight is 316 g/mol. The van der Waals surface area contributed by atoms with Crippen molar-refractivity contribution in [3.8, 4) is 0 Å². The molecule has 1 aromatic carbocycles. The fourth-order valence-electron chi connectivity index (χ4n) is 1.44. The van der Waals surface area contributed by atoms with Crippen LogP contribution in [0.1, 0.15) is 22.0 Å². The molecule has 0 bridgehead atoms. The van der Waals surface area contributed by atoms with Gasteiger partial charge in [-0.25, -0.2) is 0 Å². The van der Waals surface area contributed by atoms with Crippen LogP contribution < -0.4 is 10.6 Å². The number of hydrogen-bond donors (Lipinski definition) is 4. The molecule has 0 aliphatic heterocycles. The van der Waals surface area contributed by atoms with E-state index in [9.17, 15) is 4.79 Å². The number of rotatable bonds is 5. The highest BCUT2D eigenvalue weighted by Crippen LogP contribution is 2.14. The lowest BCUT2D eigenvalue weighted by atomic mass is 10.0. The highest BCUT2D eigenvalue weighted by atomic mass is 32.1. The number of hydrogen-bond acceptors (Lipinski definition) is 3. The predicted octanol–water partition coefficient (Wildman–Crippen LogP) is 2.15. The maximum atomic E-state index is 10.8. The molecule has 1 aromatic rings. The van der Waals surface area contributed by atoms with E-state index in [0.29, 0.717) is 20.7 Å². The third-order valence-corrected chi connectivity index (χ3v) is 2.75. The molecule has 3 nitrogen and oxygen atoms in total. The Bertz CT molecular complexity index is 464. The lowest BCUT2D eigenvalue weighted by molar-refractivity contribution is 0.112. The largest absolute Gasteiger partial charge is 0.369 e. The highest BCUT2D eigenvalue weighted by Gasteiger charge is 2.12. The fourth-order valence-corrected chi connectivity index (χ4v) is 1.91.